The van der Waals surface area contributed by atoms with Crippen LogP contribution >= 0.6 is 0 Å². The molecule has 0 radical (unpaired) electrons. The van der Waals surface area contributed by atoms with E-state index in [4.69, 9.17) is 4.42 Å². The molecular formula is C55H38O. The molecule has 0 spiro atoms. The molecule has 0 unspecified atom stereocenters. The monoisotopic (exact) mass is 714 g/mol. The minimum Gasteiger partial charge on any atom is -0.455 e. The Balaban J connectivity index is 1.02. The van der Waals surface area contributed by atoms with Crippen molar-refractivity contribution in [1.82, 2.24) is 0 Å². The van der Waals surface area contributed by atoms with Gasteiger partial charge < -0.3 is 4.42 Å². The smallest absolute Gasteiger partial charge is 0.143 e. The summed E-state index contributed by atoms with van der Waals surface area (Å²) >= 11 is 0. The van der Waals surface area contributed by atoms with Gasteiger partial charge in [0.2, 0.25) is 0 Å². The molecule has 1 heteroatoms. The fraction of sp³-hybridized carbons (Fsp3) is 0.0182. The van der Waals surface area contributed by atoms with Crippen molar-refractivity contribution in [1.29, 1.82) is 0 Å². The number of furan rings is 1. The zero-order chi connectivity index (χ0) is 37.3. The third kappa shape index (κ3) is 6.40. The highest BCUT2D eigenvalue weighted by atomic mass is 16.3. The lowest BCUT2D eigenvalue weighted by molar-refractivity contribution is 0.670. The highest BCUT2D eigenvalue weighted by Gasteiger charge is 2.19. The van der Waals surface area contributed by atoms with Crippen LogP contribution in [0.2, 0.25) is 0 Å². The van der Waals surface area contributed by atoms with E-state index in [9.17, 15) is 0 Å². The van der Waals surface area contributed by atoms with Crippen LogP contribution in [0.1, 0.15) is 22.6 Å². The zero-order valence-corrected chi connectivity index (χ0v) is 30.8. The average Bonchev–Trinajstić information content (AvgIpc) is 3.67. The molecule has 1 nitrogen and oxygen atoms in total. The number of para-hydroxylation sites is 2. The predicted molar refractivity (Wildman–Crippen MR) is 235 cm³/mol. The molecule has 9 aromatic carbocycles. The number of hydrogen-bond acceptors (Lipinski definition) is 1. The van der Waals surface area contributed by atoms with Crippen molar-refractivity contribution in [2.45, 2.75) is 5.92 Å². The van der Waals surface area contributed by atoms with Crippen molar-refractivity contribution >= 4 is 21.9 Å². The lowest BCUT2D eigenvalue weighted by Crippen LogP contribution is -2.03. The van der Waals surface area contributed by atoms with E-state index in [1.165, 1.54) is 61.2 Å². The summed E-state index contributed by atoms with van der Waals surface area (Å²) in [6.45, 7) is 0. The summed E-state index contributed by atoms with van der Waals surface area (Å²) in [6, 6.07) is 80.9. The molecule has 0 aliphatic carbocycles. The number of hydrogen-bond donors (Lipinski definition) is 0. The summed E-state index contributed by atoms with van der Waals surface area (Å²) in [5.41, 5.74) is 17.5. The second kappa shape index (κ2) is 14.5. The van der Waals surface area contributed by atoms with Gasteiger partial charge in [-0.3, -0.25) is 0 Å². The van der Waals surface area contributed by atoms with E-state index in [0.717, 1.165) is 33.1 Å². The Kier molecular flexibility index (Phi) is 8.67. The Bertz CT molecular complexity index is 2790. The van der Waals surface area contributed by atoms with Crippen LogP contribution in [0, 0.1) is 0 Å². The molecule has 0 aliphatic rings. The quantitative estimate of drug-likeness (QED) is 0.143. The Morgan fingerprint density at radius 2 is 0.643 bits per heavy atom. The van der Waals surface area contributed by atoms with Gasteiger partial charge in [-0.15, -0.1) is 0 Å². The number of benzene rings is 9. The van der Waals surface area contributed by atoms with Crippen LogP contribution in [0.4, 0.5) is 0 Å². The first-order valence-corrected chi connectivity index (χ1v) is 19.3. The van der Waals surface area contributed by atoms with Gasteiger partial charge in [0, 0.05) is 22.3 Å². The topological polar surface area (TPSA) is 13.1 Å². The highest BCUT2D eigenvalue weighted by molar-refractivity contribution is 6.09. The first kappa shape index (κ1) is 33.4. The van der Waals surface area contributed by atoms with Crippen molar-refractivity contribution in [3.63, 3.8) is 0 Å². The zero-order valence-electron chi connectivity index (χ0n) is 30.8. The molecule has 56 heavy (non-hydrogen) atoms. The maximum absolute atomic E-state index is 6.41. The third-order valence-corrected chi connectivity index (χ3v) is 11.1. The molecular weight excluding hydrogens is 677 g/mol. The van der Waals surface area contributed by atoms with Crippen LogP contribution in [0.5, 0.6) is 0 Å². The Morgan fingerprint density at radius 3 is 1.14 bits per heavy atom. The van der Waals surface area contributed by atoms with Gasteiger partial charge in [0.1, 0.15) is 11.2 Å². The van der Waals surface area contributed by atoms with E-state index >= 15 is 0 Å². The van der Waals surface area contributed by atoms with Gasteiger partial charge in [-0.05, 0) is 85.0 Å². The van der Waals surface area contributed by atoms with Gasteiger partial charge in [0.15, 0.2) is 0 Å². The molecule has 0 saturated carbocycles. The minimum absolute atomic E-state index is 0.0421. The molecule has 264 valence electrons. The fourth-order valence-corrected chi connectivity index (χ4v) is 8.16. The van der Waals surface area contributed by atoms with Crippen molar-refractivity contribution in [2.75, 3.05) is 0 Å². The summed E-state index contributed by atoms with van der Waals surface area (Å²) in [4.78, 5) is 0. The van der Waals surface area contributed by atoms with Gasteiger partial charge in [0.25, 0.3) is 0 Å². The van der Waals surface area contributed by atoms with E-state index < -0.39 is 0 Å². The van der Waals surface area contributed by atoms with Crippen LogP contribution in [0.3, 0.4) is 0 Å². The van der Waals surface area contributed by atoms with Crippen molar-refractivity contribution in [3.05, 3.63) is 241 Å². The highest BCUT2D eigenvalue weighted by Crippen LogP contribution is 2.39. The van der Waals surface area contributed by atoms with E-state index in [-0.39, 0.29) is 5.92 Å². The summed E-state index contributed by atoms with van der Waals surface area (Å²) in [7, 11) is 0. The maximum atomic E-state index is 6.41. The van der Waals surface area contributed by atoms with Crippen molar-refractivity contribution < 1.29 is 4.42 Å². The van der Waals surface area contributed by atoms with Gasteiger partial charge >= 0.3 is 0 Å². The summed E-state index contributed by atoms with van der Waals surface area (Å²) in [5.74, 6) is 0.0421. The van der Waals surface area contributed by atoms with E-state index in [2.05, 4.69) is 212 Å². The molecule has 0 fully saturated rings. The Hall–Kier alpha value is -7.22. The molecule has 0 amide bonds. The third-order valence-electron chi connectivity index (χ3n) is 11.1. The first-order chi connectivity index (χ1) is 27.7. The second-order valence-electron chi connectivity index (χ2n) is 14.5. The molecule has 0 atom stereocenters. The van der Waals surface area contributed by atoms with Crippen molar-refractivity contribution in [2.24, 2.45) is 0 Å². The predicted octanol–water partition coefficient (Wildman–Crippen LogP) is 15.1. The van der Waals surface area contributed by atoms with Crippen LogP contribution in [-0.4, -0.2) is 0 Å². The van der Waals surface area contributed by atoms with Crippen LogP contribution in [0.25, 0.3) is 77.6 Å². The second-order valence-corrected chi connectivity index (χ2v) is 14.5. The lowest BCUT2D eigenvalue weighted by atomic mass is 9.83. The van der Waals surface area contributed by atoms with Crippen LogP contribution in [0.15, 0.2) is 229 Å². The standard InChI is InChI=1S/C55H38O/c1-3-12-38(13-4-1)46-16-9-18-48(36-46)40-24-30-43(31-25-40)54(44-32-26-41(27-33-44)49-19-10-17-47(37-49)39-14-5-2-6-15-39)45-34-28-42(29-35-45)50-21-11-22-52-51-20-7-8-23-53(51)56-55(50)52/h1-37,54H. The maximum Gasteiger partial charge on any atom is 0.143 e. The lowest BCUT2D eigenvalue weighted by Gasteiger charge is -2.20. The number of fused-ring (bicyclic) bond motifs is 3. The van der Waals surface area contributed by atoms with Crippen molar-refractivity contribution in [3.8, 4) is 55.6 Å². The Labute approximate surface area is 327 Å². The SMILES string of the molecule is c1ccc(-c2cccc(-c3ccc(C(c4ccc(-c5cccc(-c6ccccc6)c5)cc4)c4ccc(-c5cccc6c5oc5ccccc56)cc4)cc3)c2)cc1. The summed E-state index contributed by atoms with van der Waals surface area (Å²) in [5, 5.41) is 2.29. The normalized spacial score (nSPS) is 11.4. The molecule has 0 aliphatic heterocycles. The molecule has 0 N–H and O–H groups in total. The van der Waals surface area contributed by atoms with Gasteiger partial charge in [-0.1, -0.05) is 206 Å². The first-order valence-electron chi connectivity index (χ1n) is 19.3. The van der Waals surface area contributed by atoms with Gasteiger partial charge in [0.05, 0.1) is 0 Å². The summed E-state index contributed by atoms with van der Waals surface area (Å²) in [6.07, 6.45) is 0. The largest absolute Gasteiger partial charge is 0.455 e. The van der Waals surface area contributed by atoms with Crippen LogP contribution < -0.4 is 0 Å². The molecule has 0 saturated heterocycles. The van der Waals surface area contributed by atoms with E-state index in [0.29, 0.717) is 0 Å². The molecule has 0 bridgehead atoms. The van der Waals surface area contributed by atoms with E-state index in [1.54, 1.807) is 0 Å². The van der Waals surface area contributed by atoms with Gasteiger partial charge in [-0.2, -0.15) is 0 Å². The minimum atomic E-state index is 0.0421. The molecule has 10 aromatic rings. The fourth-order valence-electron chi connectivity index (χ4n) is 8.16. The molecule has 1 aromatic heterocycles. The van der Waals surface area contributed by atoms with E-state index in [1.807, 2.05) is 12.1 Å². The van der Waals surface area contributed by atoms with Crippen LogP contribution in [-0.2, 0) is 0 Å². The Morgan fingerprint density at radius 1 is 0.268 bits per heavy atom. The summed E-state index contributed by atoms with van der Waals surface area (Å²) < 4.78 is 6.41. The molecule has 10 rings (SSSR count). The van der Waals surface area contributed by atoms with Gasteiger partial charge in [-0.25, -0.2) is 0 Å². The number of rotatable bonds is 8. The molecule has 1 heterocycles. The average molecular weight is 715 g/mol.